The Morgan fingerprint density at radius 1 is 1.53 bits per heavy atom. The van der Waals surface area contributed by atoms with Crippen molar-refractivity contribution in [3.05, 3.63) is 27.7 Å². The Kier molecular flexibility index (Phi) is 2.26. The monoisotopic (exact) mass is 269 g/mol. The van der Waals surface area contributed by atoms with Crippen LogP contribution in [0.1, 0.15) is 21.9 Å². The van der Waals surface area contributed by atoms with Gasteiger partial charge < -0.3 is 9.52 Å². The lowest BCUT2D eigenvalue weighted by Gasteiger charge is -1.96. The van der Waals surface area contributed by atoms with Gasteiger partial charge in [0.2, 0.25) is 5.76 Å². The van der Waals surface area contributed by atoms with Gasteiger partial charge in [0.1, 0.15) is 5.58 Å². The minimum absolute atomic E-state index is 0.0829. The van der Waals surface area contributed by atoms with Gasteiger partial charge in [0, 0.05) is 17.5 Å². The molecular formula is C10H8BrNO3. The van der Waals surface area contributed by atoms with Crippen LogP contribution in [-0.2, 0) is 0 Å². The zero-order chi connectivity index (χ0) is 11.2. The van der Waals surface area contributed by atoms with Crippen LogP contribution in [0.4, 0.5) is 0 Å². The van der Waals surface area contributed by atoms with Gasteiger partial charge in [0.05, 0.1) is 9.86 Å². The largest absolute Gasteiger partial charge is 0.475 e. The molecule has 0 amide bonds. The Labute approximate surface area is 94.0 Å². The van der Waals surface area contributed by atoms with Gasteiger partial charge in [-0.15, -0.1) is 0 Å². The molecule has 2 rings (SSSR count). The van der Waals surface area contributed by atoms with Crippen LogP contribution >= 0.6 is 15.9 Å². The van der Waals surface area contributed by atoms with Crippen molar-refractivity contribution in [3.63, 3.8) is 0 Å². The molecule has 4 nitrogen and oxygen atoms in total. The number of furan rings is 1. The number of nitrogens with zero attached hydrogens (tertiary/aromatic N) is 1. The predicted molar refractivity (Wildman–Crippen MR) is 58.1 cm³/mol. The zero-order valence-electron chi connectivity index (χ0n) is 8.17. The van der Waals surface area contributed by atoms with E-state index in [1.807, 2.05) is 13.8 Å². The van der Waals surface area contributed by atoms with E-state index in [1.165, 1.54) is 0 Å². The molecule has 2 heterocycles. The number of hydrogen-bond donors (Lipinski definition) is 1. The number of carboxylic acids is 1. The van der Waals surface area contributed by atoms with Gasteiger partial charge >= 0.3 is 5.97 Å². The molecule has 0 saturated carbocycles. The van der Waals surface area contributed by atoms with E-state index in [-0.39, 0.29) is 5.76 Å². The molecule has 0 aliphatic carbocycles. The molecule has 0 aromatic carbocycles. The van der Waals surface area contributed by atoms with E-state index in [0.717, 1.165) is 16.8 Å². The summed E-state index contributed by atoms with van der Waals surface area (Å²) in [7, 11) is 0. The molecule has 0 spiro atoms. The second-order valence-electron chi connectivity index (χ2n) is 3.27. The average molecular weight is 270 g/mol. The summed E-state index contributed by atoms with van der Waals surface area (Å²) in [6, 6.07) is 1.72. The number of aromatic carboxylic acids is 1. The van der Waals surface area contributed by atoms with Crippen LogP contribution in [0.5, 0.6) is 0 Å². The molecule has 15 heavy (non-hydrogen) atoms. The smallest absolute Gasteiger partial charge is 0.373 e. The summed E-state index contributed by atoms with van der Waals surface area (Å²) in [6.45, 7) is 3.66. The summed E-state index contributed by atoms with van der Waals surface area (Å²) in [5, 5.41) is 9.60. The highest BCUT2D eigenvalue weighted by Gasteiger charge is 2.19. The number of rotatable bonds is 1. The van der Waals surface area contributed by atoms with Gasteiger partial charge in [0.15, 0.2) is 0 Å². The Balaban J connectivity index is 2.88. The third kappa shape index (κ3) is 1.52. The number of carbonyl (C=O) groups is 1. The molecule has 78 valence electrons. The van der Waals surface area contributed by atoms with E-state index in [0.29, 0.717) is 10.1 Å². The molecule has 0 radical (unpaired) electrons. The summed E-state index contributed by atoms with van der Waals surface area (Å²) < 4.78 is 5.69. The minimum atomic E-state index is -1.09. The van der Waals surface area contributed by atoms with Crippen LogP contribution in [0.2, 0.25) is 0 Å². The fraction of sp³-hybridized carbons (Fsp3) is 0.200. The first kappa shape index (κ1) is 10.2. The molecule has 0 atom stereocenters. The molecule has 5 heteroatoms. The van der Waals surface area contributed by atoms with Crippen LogP contribution in [0.3, 0.4) is 0 Å². The number of pyridine rings is 1. The van der Waals surface area contributed by atoms with E-state index in [1.54, 1.807) is 6.07 Å². The molecule has 0 fully saturated rings. The molecule has 0 saturated heterocycles. The first-order valence-electron chi connectivity index (χ1n) is 4.30. The summed E-state index contributed by atoms with van der Waals surface area (Å²) in [6.07, 6.45) is 0. The Bertz CT molecular complexity index is 559. The molecule has 0 unspecified atom stereocenters. The molecule has 0 bridgehead atoms. The lowest BCUT2D eigenvalue weighted by Crippen LogP contribution is -1.93. The number of aromatic nitrogens is 1. The van der Waals surface area contributed by atoms with Crippen molar-refractivity contribution in [2.45, 2.75) is 13.8 Å². The van der Waals surface area contributed by atoms with E-state index in [9.17, 15) is 4.79 Å². The van der Waals surface area contributed by atoms with Crippen LogP contribution in [0.25, 0.3) is 11.0 Å². The number of carboxylic acid groups (broad SMARTS) is 1. The van der Waals surface area contributed by atoms with Gasteiger partial charge in [-0.25, -0.2) is 4.79 Å². The van der Waals surface area contributed by atoms with E-state index < -0.39 is 5.97 Å². The maximum absolute atomic E-state index is 10.8. The Morgan fingerprint density at radius 3 is 2.80 bits per heavy atom. The normalized spacial score (nSPS) is 10.9. The van der Waals surface area contributed by atoms with Crippen LogP contribution in [0.15, 0.2) is 15.0 Å². The molecule has 1 N–H and O–H groups in total. The van der Waals surface area contributed by atoms with Crippen molar-refractivity contribution in [3.8, 4) is 0 Å². The molecule has 0 aliphatic rings. The first-order chi connectivity index (χ1) is 7.00. The number of hydrogen-bond acceptors (Lipinski definition) is 3. The molecular weight excluding hydrogens is 262 g/mol. The van der Waals surface area contributed by atoms with E-state index >= 15 is 0 Å². The van der Waals surface area contributed by atoms with Gasteiger partial charge in [-0.3, -0.25) is 4.98 Å². The van der Waals surface area contributed by atoms with Crippen LogP contribution < -0.4 is 0 Å². The lowest BCUT2D eigenvalue weighted by molar-refractivity contribution is 0.0663. The average Bonchev–Trinajstić information content (AvgIpc) is 2.42. The summed E-state index contributed by atoms with van der Waals surface area (Å²) in [4.78, 5) is 15.1. The van der Waals surface area contributed by atoms with Crippen molar-refractivity contribution in [2.75, 3.05) is 0 Å². The summed E-state index contributed by atoms with van der Waals surface area (Å²) in [5.74, 6) is -1.17. The summed E-state index contributed by atoms with van der Waals surface area (Å²) >= 11 is 3.21. The van der Waals surface area contributed by atoms with Crippen molar-refractivity contribution >= 4 is 32.9 Å². The van der Waals surface area contributed by atoms with Crippen LogP contribution in [-0.4, -0.2) is 16.1 Å². The van der Waals surface area contributed by atoms with Crippen molar-refractivity contribution in [1.82, 2.24) is 4.98 Å². The SMILES string of the molecule is Cc1cc2oc(C(=O)O)c(Br)c2c(C)n1. The Hall–Kier alpha value is -1.36. The van der Waals surface area contributed by atoms with E-state index in [4.69, 9.17) is 9.52 Å². The number of fused-ring (bicyclic) bond motifs is 1. The quantitative estimate of drug-likeness (QED) is 0.865. The molecule has 2 aromatic heterocycles. The van der Waals surface area contributed by atoms with Gasteiger partial charge in [0.25, 0.3) is 0 Å². The second kappa shape index (κ2) is 3.34. The lowest BCUT2D eigenvalue weighted by atomic mass is 10.2. The molecule has 2 aromatic rings. The fourth-order valence-corrected chi connectivity index (χ4v) is 2.28. The van der Waals surface area contributed by atoms with E-state index in [2.05, 4.69) is 20.9 Å². The van der Waals surface area contributed by atoms with Crippen LogP contribution in [0, 0.1) is 13.8 Å². The highest BCUT2D eigenvalue weighted by Crippen LogP contribution is 2.32. The highest BCUT2D eigenvalue weighted by atomic mass is 79.9. The van der Waals surface area contributed by atoms with Crippen molar-refractivity contribution in [1.29, 1.82) is 0 Å². The predicted octanol–water partition coefficient (Wildman–Crippen LogP) is 2.91. The number of halogens is 1. The maximum atomic E-state index is 10.8. The zero-order valence-corrected chi connectivity index (χ0v) is 9.75. The second-order valence-corrected chi connectivity index (χ2v) is 4.07. The number of aryl methyl sites for hydroxylation is 2. The third-order valence-corrected chi connectivity index (χ3v) is 2.87. The first-order valence-corrected chi connectivity index (χ1v) is 5.09. The van der Waals surface area contributed by atoms with Gasteiger partial charge in [-0.1, -0.05) is 0 Å². The third-order valence-electron chi connectivity index (χ3n) is 2.12. The fourth-order valence-electron chi connectivity index (χ4n) is 1.55. The van der Waals surface area contributed by atoms with Gasteiger partial charge in [-0.05, 0) is 29.8 Å². The topological polar surface area (TPSA) is 63.3 Å². The maximum Gasteiger partial charge on any atom is 0.373 e. The van der Waals surface area contributed by atoms with Crippen molar-refractivity contribution in [2.24, 2.45) is 0 Å². The standard InChI is InChI=1S/C10H8BrNO3/c1-4-3-6-7(5(2)12-4)8(11)9(15-6)10(13)14/h3H,1-2H3,(H,13,14). The summed E-state index contributed by atoms with van der Waals surface area (Å²) in [5.41, 5.74) is 2.11. The van der Waals surface area contributed by atoms with Crippen molar-refractivity contribution < 1.29 is 14.3 Å². The highest BCUT2D eigenvalue weighted by molar-refractivity contribution is 9.10. The van der Waals surface area contributed by atoms with Gasteiger partial charge in [-0.2, -0.15) is 0 Å². The Morgan fingerprint density at radius 2 is 2.20 bits per heavy atom. The molecule has 0 aliphatic heterocycles. The minimum Gasteiger partial charge on any atom is -0.475 e.